The molecule has 0 fully saturated rings. The van der Waals surface area contributed by atoms with Crippen molar-refractivity contribution < 1.29 is 45.8 Å². The maximum absolute atomic E-state index is 10.4. The number of carbonyl (C=O) groups excluding carboxylic acids is 4. The molecule has 0 bridgehead atoms. The minimum Gasteiger partial charge on any atom is -0.329 e. The molecule has 0 aromatic rings. The third-order valence-corrected chi connectivity index (χ3v) is 3.55. The van der Waals surface area contributed by atoms with Gasteiger partial charge in [-0.25, -0.2) is 0 Å². The summed E-state index contributed by atoms with van der Waals surface area (Å²) in [4.78, 5) is 61.7. The quantitative estimate of drug-likeness (QED) is 0.159. The Morgan fingerprint density at radius 1 is 0.774 bits per heavy atom. The Kier molecular flexibility index (Phi) is 25.8. The van der Waals surface area contributed by atoms with Crippen molar-refractivity contribution in [2.45, 2.75) is 39.8 Å². The van der Waals surface area contributed by atoms with Crippen LogP contribution in [0, 0.1) is 20.2 Å². The van der Waals surface area contributed by atoms with E-state index in [0.29, 0.717) is 18.3 Å². The van der Waals surface area contributed by atoms with Crippen LogP contribution in [-0.2, 0) is 36.0 Å². The molecular weight excluding hydrogens is 506 g/mol. The molecule has 0 aliphatic rings. The van der Waals surface area contributed by atoms with Crippen molar-refractivity contribution in [1.82, 2.24) is 4.90 Å². The fourth-order valence-corrected chi connectivity index (χ4v) is 2.40. The predicted molar refractivity (Wildman–Crippen MR) is 111 cm³/mol. The first-order chi connectivity index (χ1) is 13.8. The van der Waals surface area contributed by atoms with Crippen LogP contribution in [-0.4, -0.2) is 87.9 Å². The van der Waals surface area contributed by atoms with Crippen LogP contribution in [0.25, 0.3) is 0 Å². The molecule has 0 rings (SSSR count). The van der Waals surface area contributed by atoms with Gasteiger partial charge in [0.1, 0.15) is 0 Å². The zero-order valence-corrected chi connectivity index (χ0v) is 20.2. The number of nitrogens with zero attached hydrogens (tertiary/aromatic N) is 3. The number of Topliss-reactive ketones (excluding diaryl/α,β-unsaturated/α-hetero) is 4. The second kappa shape index (κ2) is 21.7. The smallest absolute Gasteiger partial charge is 0.326 e. The first-order valence-corrected chi connectivity index (χ1v) is 9.68. The Balaban J connectivity index is -0.000000174. The second-order valence-electron chi connectivity index (χ2n) is 5.83. The summed E-state index contributed by atoms with van der Waals surface area (Å²) in [5.41, 5.74) is 5.36. The van der Waals surface area contributed by atoms with Crippen molar-refractivity contribution in [3.8, 4) is 0 Å². The Labute approximate surface area is 200 Å². The molecule has 31 heavy (non-hydrogen) atoms. The van der Waals surface area contributed by atoms with E-state index in [0.717, 1.165) is 47.3 Å². The van der Waals surface area contributed by atoms with Gasteiger partial charge in [0.25, 0.3) is 0 Å². The molecule has 2 N–H and O–H groups in total. The van der Waals surface area contributed by atoms with Crippen LogP contribution in [0.4, 0.5) is 0 Å². The molecule has 0 atom stereocenters. The van der Waals surface area contributed by atoms with Gasteiger partial charge in [-0.1, -0.05) is 0 Å². The van der Waals surface area contributed by atoms with E-state index in [1.54, 1.807) is 0 Å². The Bertz CT molecular complexity index is 487. The fraction of sp³-hybridized carbons (Fsp3) is 0.750. The minimum atomic E-state index is -1.67. The third kappa shape index (κ3) is 20.2. The van der Waals surface area contributed by atoms with Crippen LogP contribution in [0.1, 0.15) is 27.7 Å². The average Bonchev–Trinajstić information content (AvgIpc) is 2.54. The molecule has 0 aromatic heterocycles. The van der Waals surface area contributed by atoms with Gasteiger partial charge < -0.3 is 5.73 Å². The van der Waals surface area contributed by atoms with Crippen LogP contribution >= 0.6 is 23.2 Å². The molecule has 0 saturated heterocycles. The maximum Gasteiger partial charge on any atom is 0.326 e. The molecule has 15 heteroatoms. The number of halogens is 2. The van der Waals surface area contributed by atoms with Crippen molar-refractivity contribution in [2.75, 3.05) is 37.9 Å². The first-order valence-electron chi connectivity index (χ1n) is 8.61. The summed E-state index contributed by atoms with van der Waals surface area (Å²) in [7, 11) is 0. The summed E-state index contributed by atoms with van der Waals surface area (Å²) in [6, 6.07) is -3.33. The van der Waals surface area contributed by atoms with Crippen molar-refractivity contribution in [1.29, 1.82) is 0 Å². The van der Waals surface area contributed by atoms with E-state index in [-0.39, 0.29) is 16.8 Å². The number of alkyl halides is 2. The van der Waals surface area contributed by atoms with Gasteiger partial charge in [0.2, 0.25) is 23.1 Å². The Morgan fingerprint density at radius 3 is 1.13 bits per heavy atom. The van der Waals surface area contributed by atoms with Gasteiger partial charge in [0.15, 0.2) is 0 Å². The standard InChI is InChI=1S/C6H14Cl2N2.2C5H7NO4.Co/c7-1-4-10(5-2-8)6-3-9;2*1-3(7)5(4(2)8)6(9)10;/h1-6,9H2;2*5H,1-2H3;. The zero-order valence-electron chi connectivity index (χ0n) is 17.7. The SMILES string of the molecule is CC(=O)C(C(C)=O)[N+](=O)[O-].CC(=O)C(C(C)=O)[N+](=O)[O-].NCCN(CCCl)CCCl.[Co]. The molecule has 0 amide bonds. The van der Waals surface area contributed by atoms with E-state index in [9.17, 15) is 39.4 Å². The topological polar surface area (TPSA) is 184 Å². The van der Waals surface area contributed by atoms with Crippen molar-refractivity contribution in [3.63, 3.8) is 0 Å². The van der Waals surface area contributed by atoms with Crippen LogP contribution in [0.5, 0.6) is 0 Å². The van der Waals surface area contributed by atoms with E-state index in [2.05, 4.69) is 4.90 Å². The fourth-order valence-electron chi connectivity index (χ4n) is 1.92. The van der Waals surface area contributed by atoms with Crippen LogP contribution < -0.4 is 5.73 Å². The van der Waals surface area contributed by atoms with Crippen molar-refractivity contribution in [3.05, 3.63) is 20.2 Å². The predicted octanol–water partition coefficient (Wildman–Crippen LogP) is 0.342. The maximum atomic E-state index is 10.4. The molecule has 12 nitrogen and oxygen atoms in total. The molecule has 0 heterocycles. The number of ketones is 4. The van der Waals surface area contributed by atoms with Gasteiger partial charge in [-0.15, -0.1) is 23.2 Å². The second-order valence-corrected chi connectivity index (χ2v) is 6.58. The largest absolute Gasteiger partial charge is 0.329 e. The van der Waals surface area contributed by atoms with E-state index in [4.69, 9.17) is 28.9 Å². The van der Waals surface area contributed by atoms with E-state index < -0.39 is 45.1 Å². The van der Waals surface area contributed by atoms with Gasteiger partial charge in [0.05, 0.1) is 0 Å². The number of hydrogen-bond donors (Lipinski definition) is 1. The summed E-state index contributed by atoms with van der Waals surface area (Å²) < 4.78 is 0. The molecule has 0 aromatic carbocycles. The van der Waals surface area contributed by atoms with E-state index >= 15 is 0 Å². The zero-order chi connectivity index (χ0) is 24.4. The van der Waals surface area contributed by atoms with E-state index in [1.165, 1.54) is 0 Å². The van der Waals surface area contributed by atoms with Crippen molar-refractivity contribution >= 4 is 46.3 Å². The number of nitro groups is 2. The van der Waals surface area contributed by atoms with Crippen molar-refractivity contribution in [2.24, 2.45) is 5.73 Å². The van der Waals surface area contributed by atoms with Gasteiger partial charge in [-0.3, -0.25) is 44.3 Å². The number of rotatable bonds is 12. The third-order valence-electron chi connectivity index (χ3n) is 3.21. The first kappa shape index (κ1) is 36.8. The van der Waals surface area contributed by atoms with Crippen LogP contribution in [0.2, 0.25) is 0 Å². The summed E-state index contributed by atoms with van der Waals surface area (Å²) in [6.45, 7) is 7.41. The number of carbonyl (C=O) groups is 4. The van der Waals surface area contributed by atoms with E-state index in [1.807, 2.05) is 0 Å². The number of hydrogen-bond acceptors (Lipinski definition) is 10. The Morgan fingerprint density at radius 2 is 1.03 bits per heavy atom. The van der Waals surface area contributed by atoms with Gasteiger partial charge in [0, 0.05) is 92.3 Å². The van der Waals surface area contributed by atoms with Gasteiger partial charge in [-0.05, 0) is 0 Å². The van der Waals surface area contributed by atoms with Gasteiger partial charge in [-0.2, -0.15) is 0 Å². The minimum absolute atomic E-state index is 0. The summed E-state index contributed by atoms with van der Waals surface area (Å²) >= 11 is 11.1. The monoisotopic (exact) mass is 533 g/mol. The molecule has 0 spiro atoms. The van der Waals surface area contributed by atoms with Crippen LogP contribution in [0.3, 0.4) is 0 Å². The summed E-state index contributed by atoms with van der Waals surface area (Å²) in [5.74, 6) is -1.60. The molecule has 0 aliphatic heterocycles. The Hall–Kier alpha value is -1.51. The van der Waals surface area contributed by atoms with Gasteiger partial charge >= 0.3 is 12.1 Å². The summed E-state index contributed by atoms with van der Waals surface area (Å²) in [6.07, 6.45) is 0. The molecular formula is C16H28Cl2CoN4O8. The molecule has 1 radical (unpaired) electrons. The molecule has 0 unspecified atom stereocenters. The molecule has 0 saturated carbocycles. The summed E-state index contributed by atoms with van der Waals surface area (Å²) in [5, 5.41) is 19.9. The molecule has 0 aliphatic carbocycles. The average molecular weight is 534 g/mol. The van der Waals surface area contributed by atoms with Crippen LogP contribution in [0.15, 0.2) is 0 Å². The molecule has 183 valence electrons. The number of nitrogens with two attached hydrogens (primary N) is 1. The normalized spacial score (nSPS) is 9.61.